The summed E-state index contributed by atoms with van der Waals surface area (Å²) in [5.41, 5.74) is 4.50. The molecule has 0 aromatic heterocycles. The molecule has 1 aliphatic rings. The number of ether oxygens (including phenoxy) is 2. The van der Waals surface area contributed by atoms with Gasteiger partial charge in [-0.1, -0.05) is 26.0 Å². The maximum absolute atomic E-state index is 5.08. The fraction of sp³-hybridized carbons (Fsp3) is 0.400. The van der Waals surface area contributed by atoms with E-state index in [-0.39, 0.29) is 0 Å². The second-order valence-electron chi connectivity index (χ2n) is 1.85. The molecule has 3 nitrogen and oxygen atoms in total. The number of benzene rings is 1. The van der Waals surface area contributed by atoms with Crippen molar-refractivity contribution in [1.82, 2.24) is 0 Å². The van der Waals surface area contributed by atoms with Gasteiger partial charge in [0.25, 0.3) is 0 Å². The molecule has 0 fully saturated rings. The van der Waals surface area contributed by atoms with Crippen molar-refractivity contribution in [1.29, 1.82) is 0 Å². The normalized spacial score (nSPS) is 10.5. The van der Waals surface area contributed by atoms with Crippen molar-refractivity contribution in [2.24, 2.45) is 5.73 Å². The lowest BCUT2D eigenvalue weighted by Gasteiger charge is -1.89. The molecule has 0 spiro atoms. The van der Waals surface area contributed by atoms with Gasteiger partial charge in [-0.3, -0.25) is 0 Å². The average molecular weight is 183 g/mol. The summed E-state index contributed by atoms with van der Waals surface area (Å²) < 4.78 is 10.2. The maximum Gasteiger partial charge on any atom is 0.231 e. The summed E-state index contributed by atoms with van der Waals surface area (Å²) in [6.07, 6.45) is 0. The molecule has 0 radical (unpaired) electrons. The highest BCUT2D eigenvalue weighted by Crippen LogP contribution is 2.30. The van der Waals surface area contributed by atoms with Gasteiger partial charge in [0.05, 0.1) is 0 Å². The molecule has 74 valence electrons. The Morgan fingerprint density at radius 1 is 1.00 bits per heavy atom. The van der Waals surface area contributed by atoms with Crippen molar-refractivity contribution in [2.45, 2.75) is 13.8 Å². The predicted molar refractivity (Wildman–Crippen MR) is 54.0 cm³/mol. The highest BCUT2D eigenvalue weighted by Gasteiger charge is 2.09. The summed E-state index contributed by atoms with van der Waals surface area (Å²) in [6, 6.07) is 7.63. The zero-order valence-corrected chi connectivity index (χ0v) is 8.41. The van der Waals surface area contributed by atoms with E-state index in [1.807, 2.05) is 38.1 Å². The third kappa shape index (κ3) is 3.34. The van der Waals surface area contributed by atoms with E-state index in [2.05, 4.69) is 5.73 Å². The van der Waals surface area contributed by atoms with Gasteiger partial charge < -0.3 is 15.2 Å². The lowest BCUT2D eigenvalue weighted by atomic mass is 10.3. The van der Waals surface area contributed by atoms with Crippen LogP contribution in [0.1, 0.15) is 13.8 Å². The van der Waals surface area contributed by atoms with E-state index in [0.717, 1.165) is 11.5 Å². The van der Waals surface area contributed by atoms with Crippen molar-refractivity contribution in [3.05, 3.63) is 24.3 Å². The third-order valence-corrected chi connectivity index (χ3v) is 1.28. The number of para-hydroxylation sites is 2. The summed E-state index contributed by atoms with van der Waals surface area (Å²) in [7, 11) is 1.50. The number of fused-ring (bicyclic) bond motifs is 1. The van der Waals surface area contributed by atoms with E-state index >= 15 is 0 Å². The standard InChI is InChI=1S/C7H6O2.C2H6.CH5N/c1-2-4-7-6(3-1)8-5-9-7;2*1-2/h1-4H,5H2;1-2H3;2H2,1H3. The van der Waals surface area contributed by atoms with Crippen LogP contribution >= 0.6 is 0 Å². The number of rotatable bonds is 0. The van der Waals surface area contributed by atoms with E-state index in [9.17, 15) is 0 Å². The van der Waals surface area contributed by atoms with Crippen LogP contribution in [-0.2, 0) is 0 Å². The average Bonchev–Trinajstić information content (AvgIpc) is 2.71. The van der Waals surface area contributed by atoms with Gasteiger partial charge in [0.1, 0.15) is 0 Å². The zero-order chi connectivity index (χ0) is 10.1. The van der Waals surface area contributed by atoms with Gasteiger partial charge in [-0.2, -0.15) is 0 Å². The number of hydrogen-bond donors (Lipinski definition) is 1. The Labute approximate surface area is 79.5 Å². The van der Waals surface area contributed by atoms with Gasteiger partial charge in [0.2, 0.25) is 6.79 Å². The van der Waals surface area contributed by atoms with Crippen molar-refractivity contribution in [3.63, 3.8) is 0 Å². The Bertz CT molecular complexity index is 203. The Kier molecular flexibility index (Phi) is 6.73. The minimum atomic E-state index is 0.360. The zero-order valence-electron chi connectivity index (χ0n) is 8.41. The van der Waals surface area contributed by atoms with Crippen LogP contribution in [0.15, 0.2) is 24.3 Å². The molecule has 1 heterocycles. The lowest BCUT2D eigenvalue weighted by Crippen LogP contribution is -1.92. The van der Waals surface area contributed by atoms with Crippen molar-refractivity contribution >= 4 is 0 Å². The summed E-state index contributed by atoms with van der Waals surface area (Å²) in [4.78, 5) is 0. The van der Waals surface area contributed by atoms with Crippen molar-refractivity contribution < 1.29 is 9.47 Å². The Morgan fingerprint density at radius 2 is 1.38 bits per heavy atom. The molecule has 0 saturated carbocycles. The molecule has 0 atom stereocenters. The molecule has 0 aliphatic carbocycles. The van der Waals surface area contributed by atoms with E-state index < -0.39 is 0 Å². The molecular formula is C10H17NO2. The topological polar surface area (TPSA) is 44.5 Å². The first-order valence-corrected chi connectivity index (χ1v) is 4.39. The Hall–Kier alpha value is -1.22. The first kappa shape index (κ1) is 11.8. The van der Waals surface area contributed by atoms with Crippen LogP contribution in [0, 0.1) is 0 Å². The number of hydrogen-bond acceptors (Lipinski definition) is 3. The molecule has 13 heavy (non-hydrogen) atoms. The first-order valence-electron chi connectivity index (χ1n) is 4.39. The van der Waals surface area contributed by atoms with Gasteiger partial charge in [0, 0.05) is 0 Å². The van der Waals surface area contributed by atoms with Crippen molar-refractivity contribution in [3.8, 4) is 11.5 Å². The molecular weight excluding hydrogens is 166 g/mol. The van der Waals surface area contributed by atoms with E-state index in [4.69, 9.17) is 9.47 Å². The molecule has 3 heteroatoms. The SMILES string of the molecule is CC.CN.c1ccc2c(c1)OCO2. The molecule has 1 aromatic carbocycles. The van der Waals surface area contributed by atoms with Gasteiger partial charge in [-0.15, -0.1) is 0 Å². The van der Waals surface area contributed by atoms with Crippen LogP contribution in [0.4, 0.5) is 0 Å². The molecule has 0 unspecified atom stereocenters. The quantitative estimate of drug-likeness (QED) is 0.669. The van der Waals surface area contributed by atoms with Crippen LogP contribution < -0.4 is 15.2 Å². The smallest absolute Gasteiger partial charge is 0.231 e. The highest BCUT2D eigenvalue weighted by molar-refractivity contribution is 5.40. The molecule has 0 bridgehead atoms. The van der Waals surface area contributed by atoms with E-state index in [1.165, 1.54) is 7.05 Å². The minimum absolute atomic E-state index is 0.360. The fourth-order valence-corrected chi connectivity index (χ4v) is 0.845. The molecule has 1 aromatic rings. The van der Waals surface area contributed by atoms with Gasteiger partial charge in [0.15, 0.2) is 11.5 Å². The van der Waals surface area contributed by atoms with Crippen LogP contribution in [0.5, 0.6) is 11.5 Å². The predicted octanol–water partition coefficient (Wildman–Crippen LogP) is 2.02. The fourth-order valence-electron chi connectivity index (χ4n) is 0.845. The van der Waals surface area contributed by atoms with Crippen molar-refractivity contribution in [2.75, 3.05) is 13.8 Å². The summed E-state index contributed by atoms with van der Waals surface area (Å²) in [5.74, 6) is 1.69. The minimum Gasteiger partial charge on any atom is -0.454 e. The molecule has 0 amide bonds. The van der Waals surface area contributed by atoms with Crippen LogP contribution in [-0.4, -0.2) is 13.8 Å². The Balaban J connectivity index is 0.000000322. The van der Waals surface area contributed by atoms with E-state index in [1.54, 1.807) is 0 Å². The Morgan fingerprint density at radius 3 is 1.77 bits per heavy atom. The molecule has 2 rings (SSSR count). The molecule has 2 N–H and O–H groups in total. The second-order valence-corrected chi connectivity index (χ2v) is 1.85. The number of nitrogens with two attached hydrogens (primary N) is 1. The summed E-state index contributed by atoms with van der Waals surface area (Å²) in [5, 5.41) is 0. The lowest BCUT2D eigenvalue weighted by molar-refractivity contribution is 0.174. The third-order valence-electron chi connectivity index (χ3n) is 1.28. The summed E-state index contributed by atoms with van der Waals surface area (Å²) in [6.45, 7) is 4.36. The first-order chi connectivity index (χ1) is 6.47. The van der Waals surface area contributed by atoms with Crippen LogP contribution in [0.3, 0.4) is 0 Å². The highest BCUT2D eigenvalue weighted by atomic mass is 16.7. The van der Waals surface area contributed by atoms with Gasteiger partial charge in [-0.25, -0.2) is 0 Å². The monoisotopic (exact) mass is 183 g/mol. The van der Waals surface area contributed by atoms with Gasteiger partial charge in [-0.05, 0) is 19.2 Å². The van der Waals surface area contributed by atoms with Crippen LogP contribution in [0.2, 0.25) is 0 Å². The van der Waals surface area contributed by atoms with E-state index in [0.29, 0.717) is 6.79 Å². The molecule has 0 saturated heterocycles. The van der Waals surface area contributed by atoms with Gasteiger partial charge >= 0.3 is 0 Å². The summed E-state index contributed by atoms with van der Waals surface area (Å²) >= 11 is 0. The molecule has 1 aliphatic heterocycles. The van der Waals surface area contributed by atoms with Crippen LogP contribution in [0.25, 0.3) is 0 Å². The second kappa shape index (κ2) is 7.43. The maximum atomic E-state index is 5.08. The largest absolute Gasteiger partial charge is 0.454 e.